The largest absolute Gasteiger partial charge is 0.418 e. The smallest absolute Gasteiger partial charge is 0.247 e. The Kier molecular flexibility index (Phi) is 4.48. The van der Waals surface area contributed by atoms with Crippen molar-refractivity contribution in [1.29, 1.82) is 0 Å². The van der Waals surface area contributed by atoms with Crippen LogP contribution in [-0.2, 0) is 0 Å². The summed E-state index contributed by atoms with van der Waals surface area (Å²) in [7, 11) is 0. The maximum atomic E-state index is 6.00. The molecule has 0 radical (unpaired) electrons. The zero-order chi connectivity index (χ0) is 17.8. The van der Waals surface area contributed by atoms with E-state index >= 15 is 0 Å². The SMILES string of the molecule is Cc1cccc(N[C@H](c2ccccc2)c2nnc(-c3ccccc3)o2)c1. The van der Waals surface area contributed by atoms with Crippen molar-refractivity contribution in [1.82, 2.24) is 10.2 Å². The van der Waals surface area contributed by atoms with Crippen molar-refractivity contribution in [2.24, 2.45) is 0 Å². The first-order valence-corrected chi connectivity index (χ1v) is 8.56. The minimum absolute atomic E-state index is 0.219. The van der Waals surface area contributed by atoms with Crippen LogP contribution in [0.5, 0.6) is 0 Å². The molecular weight excluding hydrogens is 322 g/mol. The Hall–Kier alpha value is -3.40. The van der Waals surface area contributed by atoms with Gasteiger partial charge in [-0.15, -0.1) is 10.2 Å². The summed E-state index contributed by atoms with van der Waals surface area (Å²) in [5.41, 5.74) is 4.18. The Balaban J connectivity index is 1.70. The third-order valence-corrected chi connectivity index (χ3v) is 4.17. The van der Waals surface area contributed by atoms with Gasteiger partial charge in [0.1, 0.15) is 6.04 Å². The molecule has 128 valence electrons. The Labute approximate surface area is 152 Å². The lowest BCUT2D eigenvalue weighted by Crippen LogP contribution is -2.12. The molecule has 4 aromatic rings. The first-order chi connectivity index (χ1) is 12.8. The molecule has 0 amide bonds. The lowest BCUT2D eigenvalue weighted by Gasteiger charge is -2.17. The molecule has 0 aliphatic rings. The fourth-order valence-electron chi connectivity index (χ4n) is 2.88. The van der Waals surface area contributed by atoms with E-state index in [4.69, 9.17) is 4.42 Å². The average molecular weight is 341 g/mol. The summed E-state index contributed by atoms with van der Waals surface area (Å²) < 4.78 is 6.00. The van der Waals surface area contributed by atoms with Crippen LogP contribution < -0.4 is 5.32 Å². The molecule has 26 heavy (non-hydrogen) atoms. The van der Waals surface area contributed by atoms with Gasteiger partial charge in [0.2, 0.25) is 11.8 Å². The summed E-state index contributed by atoms with van der Waals surface area (Å²) in [6.45, 7) is 2.07. The van der Waals surface area contributed by atoms with Crippen LogP contribution in [0.15, 0.2) is 89.3 Å². The molecule has 0 aliphatic carbocycles. The Morgan fingerprint density at radius 2 is 1.54 bits per heavy atom. The van der Waals surface area contributed by atoms with Gasteiger partial charge in [0, 0.05) is 11.3 Å². The van der Waals surface area contributed by atoms with E-state index < -0.39 is 0 Å². The first-order valence-electron chi connectivity index (χ1n) is 8.56. The summed E-state index contributed by atoms with van der Waals surface area (Å²) >= 11 is 0. The van der Waals surface area contributed by atoms with Crippen molar-refractivity contribution in [2.75, 3.05) is 5.32 Å². The van der Waals surface area contributed by atoms with Gasteiger partial charge >= 0.3 is 0 Å². The van der Waals surface area contributed by atoms with E-state index in [1.165, 1.54) is 5.56 Å². The molecule has 0 aliphatic heterocycles. The third kappa shape index (κ3) is 3.49. The van der Waals surface area contributed by atoms with Gasteiger partial charge in [0.25, 0.3) is 0 Å². The quantitative estimate of drug-likeness (QED) is 0.539. The fraction of sp³-hybridized carbons (Fsp3) is 0.0909. The van der Waals surface area contributed by atoms with Crippen molar-refractivity contribution in [3.8, 4) is 11.5 Å². The van der Waals surface area contributed by atoms with Crippen LogP contribution in [0.25, 0.3) is 11.5 Å². The number of benzene rings is 3. The number of rotatable bonds is 5. The number of aryl methyl sites for hydroxylation is 1. The van der Waals surface area contributed by atoms with Gasteiger partial charge in [-0.3, -0.25) is 0 Å². The van der Waals surface area contributed by atoms with Gasteiger partial charge in [-0.2, -0.15) is 0 Å². The molecule has 0 spiro atoms. The van der Waals surface area contributed by atoms with Gasteiger partial charge < -0.3 is 9.73 Å². The standard InChI is InChI=1S/C22H19N3O/c1-16-9-8-14-19(15-16)23-20(17-10-4-2-5-11-17)22-25-24-21(26-22)18-12-6-3-7-13-18/h2-15,20,23H,1H3/t20-/m1/s1. The Morgan fingerprint density at radius 1 is 0.808 bits per heavy atom. The van der Waals surface area contributed by atoms with E-state index in [-0.39, 0.29) is 6.04 Å². The summed E-state index contributed by atoms with van der Waals surface area (Å²) in [6, 6.07) is 28.0. The molecule has 4 heteroatoms. The topological polar surface area (TPSA) is 51.0 Å². The number of aromatic nitrogens is 2. The van der Waals surface area contributed by atoms with Crippen molar-refractivity contribution >= 4 is 5.69 Å². The third-order valence-electron chi connectivity index (χ3n) is 4.17. The van der Waals surface area contributed by atoms with Crippen LogP contribution in [0.3, 0.4) is 0 Å². The monoisotopic (exact) mass is 341 g/mol. The molecular formula is C22H19N3O. The predicted octanol–water partition coefficient (Wildman–Crippen LogP) is 5.25. The van der Waals surface area contributed by atoms with Crippen molar-refractivity contribution in [3.05, 3.63) is 102 Å². The fourth-order valence-corrected chi connectivity index (χ4v) is 2.88. The summed E-state index contributed by atoms with van der Waals surface area (Å²) in [4.78, 5) is 0. The average Bonchev–Trinajstić information content (AvgIpc) is 3.17. The maximum Gasteiger partial charge on any atom is 0.247 e. The van der Waals surface area contributed by atoms with Gasteiger partial charge in [-0.05, 0) is 42.3 Å². The van der Waals surface area contributed by atoms with E-state index in [1.54, 1.807) is 0 Å². The molecule has 0 saturated heterocycles. The lowest BCUT2D eigenvalue weighted by atomic mass is 10.1. The van der Waals surface area contributed by atoms with Crippen LogP contribution >= 0.6 is 0 Å². The minimum Gasteiger partial charge on any atom is -0.418 e. The van der Waals surface area contributed by atoms with Gasteiger partial charge in [0.15, 0.2) is 0 Å². The summed E-state index contributed by atoms with van der Waals surface area (Å²) in [6.07, 6.45) is 0. The van der Waals surface area contributed by atoms with Crippen LogP contribution in [0.4, 0.5) is 5.69 Å². The molecule has 0 unspecified atom stereocenters. The van der Waals surface area contributed by atoms with E-state index in [1.807, 2.05) is 60.7 Å². The van der Waals surface area contributed by atoms with Gasteiger partial charge in [0.05, 0.1) is 0 Å². The molecule has 1 atom stereocenters. The van der Waals surface area contributed by atoms with Crippen LogP contribution in [0.2, 0.25) is 0 Å². The molecule has 4 nitrogen and oxygen atoms in total. The van der Waals surface area contributed by atoms with E-state index in [0.717, 1.165) is 16.8 Å². The highest BCUT2D eigenvalue weighted by Crippen LogP contribution is 2.28. The molecule has 0 fully saturated rings. The zero-order valence-corrected chi connectivity index (χ0v) is 14.5. The van der Waals surface area contributed by atoms with Gasteiger partial charge in [-0.25, -0.2) is 0 Å². The molecule has 3 aromatic carbocycles. The van der Waals surface area contributed by atoms with Crippen LogP contribution in [0.1, 0.15) is 23.1 Å². The Morgan fingerprint density at radius 3 is 2.27 bits per heavy atom. The first kappa shape index (κ1) is 16.1. The summed E-state index contributed by atoms with van der Waals surface area (Å²) in [5.74, 6) is 1.06. The number of nitrogens with one attached hydrogen (secondary N) is 1. The highest BCUT2D eigenvalue weighted by molar-refractivity contribution is 5.53. The molecule has 1 aromatic heterocycles. The molecule has 4 rings (SSSR count). The van der Waals surface area contributed by atoms with Crippen molar-refractivity contribution < 1.29 is 4.42 Å². The normalized spacial score (nSPS) is 11.9. The number of nitrogens with zero attached hydrogens (tertiary/aromatic N) is 2. The van der Waals surface area contributed by atoms with Gasteiger partial charge in [-0.1, -0.05) is 60.7 Å². The Bertz CT molecular complexity index is 980. The highest BCUT2D eigenvalue weighted by atomic mass is 16.4. The van der Waals surface area contributed by atoms with Crippen LogP contribution in [0, 0.1) is 6.92 Å². The molecule has 0 saturated carbocycles. The second-order valence-corrected chi connectivity index (χ2v) is 6.17. The maximum absolute atomic E-state index is 6.00. The second-order valence-electron chi connectivity index (χ2n) is 6.17. The summed E-state index contributed by atoms with van der Waals surface area (Å²) in [5, 5.41) is 12.1. The van der Waals surface area contributed by atoms with Crippen molar-refractivity contribution in [2.45, 2.75) is 13.0 Å². The van der Waals surface area contributed by atoms with E-state index in [2.05, 4.69) is 46.7 Å². The number of anilines is 1. The van der Waals surface area contributed by atoms with E-state index in [9.17, 15) is 0 Å². The van der Waals surface area contributed by atoms with Crippen LogP contribution in [-0.4, -0.2) is 10.2 Å². The minimum atomic E-state index is -0.219. The highest BCUT2D eigenvalue weighted by Gasteiger charge is 2.21. The molecule has 0 bridgehead atoms. The lowest BCUT2D eigenvalue weighted by molar-refractivity contribution is 0.494. The second kappa shape index (κ2) is 7.23. The number of hydrogen-bond acceptors (Lipinski definition) is 4. The van der Waals surface area contributed by atoms with E-state index in [0.29, 0.717) is 11.8 Å². The number of hydrogen-bond donors (Lipinski definition) is 1. The predicted molar refractivity (Wildman–Crippen MR) is 103 cm³/mol. The zero-order valence-electron chi connectivity index (χ0n) is 14.5. The van der Waals surface area contributed by atoms with Crippen molar-refractivity contribution in [3.63, 3.8) is 0 Å². The molecule has 1 heterocycles. The molecule has 1 N–H and O–H groups in total.